The largest absolute Gasteiger partial charge is 0.389 e. The van der Waals surface area contributed by atoms with E-state index in [9.17, 15) is 5.11 Å². The van der Waals surface area contributed by atoms with E-state index < -0.39 is 0 Å². The summed E-state index contributed by atoms with van der Waals surface area (Å²) < 4.78 is 0. The Kier molecular flexibility index (Phi) is 1.71. The van der Waals surface area contributed by atoms with Gasteiger partial charge in [0.15, 0.2) is 0 Å². The average molecular weight is 154 g/mol. The molecule has 1 nitrogen and oxygen atoms in total. The van der Waals surface area contributed by atoms with Gasteiger partial charge >= 0.3 is 0 Å². The molecule has 2 aliphatic rings. The Hall–Kier alpha value is -0.0400. The van der Waals surface area contributed by atoms with Crippen molar-refractivity contribution in [3.8, 4) is 0 Å². The van der Waals surface area contributed by atoms with Crippen molar-refractivity contribution in [2.75, 3.05) is 0 Å². The van der Waals surface area contributed by atoms with E-state index in [1.54, 1.807) is 0 Å². The monoisotopic (exact) mass is 154 g/mol. The number of hydrogen-bond donors (Lipinski definition) is 1. The third-order valence-electron chi connectivity index (χ3n) is 3.88. The first-order valence-corrected chi connectivity index (χ1v) is 4.96. The van der Waals surface area contributed by atoms with E-state index >= 15 is 0 Å². The Morgan fingerprint density at radius 2 is 1.91 bits per heavy atom. The Morgan fingerprint density at radius 1 is 1.18 bits per heavy atom. The highest BCUT2D eigenvalue weighted by Gasteiger charge is 2.46. The van der Waals surface area contributed by atoms with Gasteiger partial charge in [0, 0.05) is 0 Å². The molecule has 1 heteroatoms. The Balaban J connectivity index is 2.06. The highest BCUT2D eigenvalue weighted by atomic mass is 16.3. The molecule has 1 N–H and O–H groups in total. The maximum atomic E-state index is 10.3. The molecule has 2 unspecified atom stereocenters. The first kappa shape index (κ1) is 7.60. The third-order valence-corrected chi connectivity index (χ3v) is 3.88. The number of aliphatic hydroxyl groups is 1. The molecule has 0 aromatic carbocycles. The summed E-state index contributed by atoms with van der Waals surface area (Å²) in [4.78, 5) is 0. The normalized spacial score (nSPS) is 45.8. The summed E-state index contributed by atoms with van der Waals surface area (Å²) in [6, 6.07) is 0. The lowest BCUT2D eigenvalue weighted by molar-refractivity contribution is -0.0745. The lowest BCUT2D eigenvalue weighted by Crippen LogP contribution is -2.43. The second-order valence-electron chi connectivity index (χ2n) is 4.41. The summed E-state index contributed by atoms with van der Waals surface area (Å²) in [5, 5.41) is 10.3. The molecule has 0 radical (unpaired) electrons. The maximum absolute atomic E-state index is 10.3. The standard InChI is InChI=1S/C10H18O/c1-8-4-3-7-10(8,11)9-5-2-6-9/h8-9,11H,2-7H2,1H3. The second-order valence-corrected chi connectivity index (χ2v) is 4.41. The van der Waals surface area contributed by atoms with Gasteiger partial charge in [-0.15, -0.1) is 0 Å². The van der Waals surface area contributed by atoms with Crippen LogP contribution in [-0.2, 0) is 0 Å². The molecular formula is C10H18O. The van der Waals surface area contributed by atoms with Gasteiger partial charge in [0.1, 0.15) is 0 Å². The quantitative estimate of drug-likeness (QED) is 0.614. The molecule has 0 bridgehead atoms. The van der Waals surface area contributed by atoms with Gasteiger partial charge in [-0.25, -0.2) is 0 Å². The van der Waals surface area contributed by atoms with Crippen LogP contribution in [0.5, 0.6) is 0 Å². The first-order chi connectivity index (χ1) is 5.23. The molecule has 0 aliphatic heterocycles. The lowest BCUT2D eigenvalue weighted by Gasteiger charge is -2.41. The van der Waals surface area contributed by atoms with Crippen LogP contribution < -0.4 is 0 Å². The molecule has 2 fully saturated rings. The van der Waals surface area contributed by atoms with Gasteiger partial charge in [-0.05, 0) is 37.5 Å². The molecule has 0 aromatic rings. The van der Waals surface area contributed by atoms with Gasteiger partial charge in [-0.3, -0.25) is 0 Å². The molecule has 0 amide bonds. The lowest BCUT2D eigenvalue weighted by atomic mass is 9.69. The molecule has 2 saturated carbocycles. The summed E-state index contributed by atoms with van der Waals surface area (Å²) in [5.74, 6) is 1.22. The average Bonchev–Trinajstić information content (AvgIpc) is 2.09. The van der Waals surface area contributed by atoms with Gasteiger partial charge in [-0.1, -0.05) is 19.8 Å². The van der Waals surface area contributed by atoms with Crippen molar-refractivity contribution in [3.05, 3.63) is 0 Å². The van der Waals surface area contributed by atoms with Crippen molar-refractivity contribution < 1.29 is 5.11 Å². The fourth-order valence-electron chi connectivity index (χ4n) is 2.70. The smallest absolute Gasteiger partial charge is 0.0701 e. The molecule has 0 spiro atoms. The van der Waals surface area contributed by atoms with Crippen molar-refractivity contribution in [1.29, 1.82) is 0 Å². The van der Waals surface area contributed by atoms with Gasteiger partial charge in [0.2, 0.25) is 0 Å². The van der Waals surface area contributed by atoms with Gasteiger partial charge in [-0.2, -0.15) is 0 Å². The van der Waals surface area contributed by atoms with Crippen molar-refractivity contribution in [1.82, 2.24) is 0 Å². The van der Waals surface area contributed by atoms with Crippen molar-refractivity contribution in [2.24, 2.45) is 11.8 Å². The van der Waals surface area contributed by atoms with Crippen molar-refractivity contribution in [2.45, 2.75) is 51.0 Å². The minimum absolute atomic E-state index is 0.252. The third kappa shape index (κ3) is 1.01. The Bertz CT molecular complexity index is 151. The maximum Gasteiger partial charge on any atom is 0.0701 e. The van der Waals surface area contributed by atoms with Crippen LogP contribution in [0.1, 0.15) is 45.4 Å². The van der Waals surface area contributed by atoms with Crippen LogP contribution in [0.15, 0.2) is 0 Å². The molecule has 0 saturated heterocycles. The zero-order valence-electron chi connectivity index (χ0n) is 7.34. The van der Waals surface area contributed by atoms with Crippen LogP contribution in [0.3, 0.4) is 0 Å². The molecule has 0 heterocycles. The molecule has 2 rings (SSSR count). The molecular weight excluding hydrogens is 136 g/mol. The summed E-state index contributed by atoms with van der Waals surface area (Å²) >= 11 is 0. The Labute approximate surface area is 68.8 Å². The Morgan fingerprint density at radius 3 is 2.27 bits per heavy atom. The predicted octanol–water partition coefficient (Wildman–Crippen LogP) is 2.34. The van der Waals surface area contributed by atoms with E-state index in [4.69, 9.17) is 0 Å². The van der Waals surface area contributed by atoms with Crippen molar-refractivity contribution in [3.63, 3.8) is 0 Å². The van der Waals surface area contributed by atoms with Gasteiger partial charge in [0.05, 0.1) is 5.60 Å². The van der Waals surface area contributed by atoms with Crippen LogP contribution >= 0.6 is 0 Å². The minimum Gasteiger partial charge on any atom is -0.389 e. The van der Waals surface area contributed by atoms with Crippen LogP contribution in [-0.4, -0.2) is 10.7 Å². The fraction of sp³-hybridized carbons (Fsp3) is 1.00. The first-order valence-electron chi connectivity index (χ1n) is 4.96. The number of rotatable bonds is 1. The highest BCUT2D eigenvalue weighted by molar-refractivity contribution is 4.98. The van der Waals surface area contributed by atoms with Crippen LogP contribution in [0.2, 0.25) is 0 Å². The molecule has 0 aromatic heterocycles. The summed E-state index contributed by atoms with van der Waals surface area (Å²) in [6.07, 6.45) is 7.46. The van der Waals surface area contributed by atoms with E-state index in [0.29, 0.717) is 11.8 Å². The number of hydrogen-bond acceptors (Lipinski definition) is 1. The molecule has 2 aliphatic carbocycles. The van der Waals surface area contributed by atoms with Crippen molar-refractivity contribution >= 4 is 0 Å². The predicted molar refractivity (Wildman–Crippen MR) is 45.3 cm³/mol. The van der Waals surface area contributed by atoms with Crippen LogP contribution in [0.4, 0.5) is 0 Å². The van der Waals surface area contributed by atoms with E-state index in [1.807, 2.05) is 0 Å². The fourth-order valence-corrected chi connectivity index (χ4v) is 2.70. The molecule has 64 valence electrons. The van der Waals surface area contributed by atoms with E-state index in [2.05, 4.69) is 6.92 Å². The summed E-state index contributed by atoms with van der Waals surface area (Å²) in [7, 11) is 0. The highest BCUT2D eigenvalue weighted by Crippen LogP contribution is 2.48. The minimum atomic E-state index is -0.252. The van der Waals surface area contributed by atoms with Crippen LogP contribution in [0.25, 0.3) is 0 Å². The van der Waals surface area contributed by atoms with E-state index in [0.717, 1.165) is 6.42 Å². The van der Waals surface area contributed by atoms with Gasteiger partial charge in [0.25, 0.3) is 0 Å². The SMILES string of the molecule is CC1CCCC1(O)C1CCC1. The summed E-state index contributed by atoms with van der Waals surface area (Å²) in [6.45, 7) is 2.21. The van der Waals surface area contributed by atoms with E-state index in [1.165, 1.54) is 32.1 Å². The second kappa shape index (κ2) is 2.48. The molecule has 2 atom stereocenters. The van der Waals surface area contributed by atoms with E-state index in [-0.39, 0.29) is 5.60 Å². The molecule has 11 heavy (non-hydrogen) atoms. The van der Waals surface area contributed by atoms with Crippen LogP contribution in [0, 0.1) is 11.8 Å². The zero-order chi connectivity index (χ0) is 7.90. The van der Waals surface area contributed by atoms with Gasteiger partial charge < -0.3 is 5.11 Å². The topological polar surface area (TPSA) is 20.2 Å². The summed E-state index contributed by atoms with van der Waals surface area (Å²) in [5.41, 5.74) is -0.252. The zero-order valence-corrected chi connectivity index (χ0v) is 7.34.